The first-order valence-electron chi connectivity index (χ1n) is 5.56. The van der Waals surface area contributed by atoms with Crippen LogP contribution in [-0.4, -0.2) is 17.3 Å². The Bertz CT molecular complexity index is 258. The van der Waals surface area contributed by atoms with Crippen LogP contribution in [0.1, 0.15) is 32.3 Å². The van der Waals surface area contributed by atoms with Gasteiger partial charge in [-0.3, -0.25) is 0 Å². The quantitative estimate of drug-likeness (QED) is 0.779. The minimum absolute atomic E-state index is 0.111. The van der Waals surface area contributed by atoms with Gasteiger partial charge in [-0.1, -0.05) is 37.3 Å². The lowest BCUT2D eigenvalue weighted by Crippen LogP contribution is -2.17. The highest BCUT2D eigenvalue weighted by Crippen LogP contribution is 2.08. The summed E-state index contributed by atoms with van der Waals surface area (Å²) < 4.78 is 5.64. The first-order valence-corrected chi connectivity index (χ1v) is 5.56. The normalized spacial score (nSPS) is 14.9. The fraction of sp³-hybridized carbons (Fsp3) is 0.538. The predicted molar refractivity (Wildman–Crippen MR) is 61.6 cm³/mol. The summed E-state index contributed by atoms with van der Waals surface area (Å²) in [7, 11) is 0. The van der Waals surface area contributed by atoms with Crippen LogP contribution in [-0.2, 0) is 11.3 Å². The molecule has 1 aromatic rings. The van der Waals surface area contributed by atoms with E-state index in [1.807, 2.05) is 44.2 Å². The summed E-state index contributed by atoms with van der Waals surface area (Å²) in [6, 6.07) is 10.1. The van der Waals surface area contributed by atoms with E-state index in [1.54, 1.807) is 0 Å². The Hall–Kier alpha value is -0.860. The van der Waals surface area contributed by atoms with Crippen molar-refractivity contribution in [2.75, 3.05) is 0 Å². The van der Waals surface area contributed by atoms with Crippen LogP contribution in [0.2, 0.25) is 0 Å². The smallest absolute Gasteiger partial charge is 0.0720 e. The van der Waals surface area contributed by atoms with Crippen LogP contribution < -0.4 is 0 Å². The molecule has 0 aliphatic heterocycles. The Morgan fingerprint density at radius 1 is 1.27 bits per heavy atom. The number of rotatable bonds is 6. The van der Waals surface area contributed by atoms with Gasteiger partial charge in [-0.2, -0.15) is 0 Å². The SMILES string of the molecule is CC[C@@H](O)C[C@@H](C)OCc1ccccc1. The zero-order chi connectivity index (χ0) is 11.1. The van der Waals surface area contributed by atoms with Crippen molar-refractivity contribution in [1.82, 2.24) is 0 Å². The molecule has 2 heteroatoms. The summed E-state index contributed by atoms with van der Waals surface area (Å²) >= 11 is 0. The van der Waals surface area contributed by atoms with Crippen molar-refractivity contribution in [2.24, 2.45) is 0 Å². The zero-order valence-corrected chi connectivity index (χ0v) is 9.52. The molecule has 84 valence electrons. The van der Waals surface area contributed by atoms with Gasteiger partial charge in [0.25, 0.3) is 0 Å². The minimum atomic E-state index is -0.240. The number of benzene rings is 1. The van der Waals surface area contributed by atoms with Gasteiger partial charge in [-0.25, -0.2) is 0 Å². The average molecular weight is 208 g/mol. The van der Waals surface area contributed by atoms with E-state index in [1.165, 1.54) is 5.56 Å². The van der Waals surface area contributed by atoms with Gasteiger partial charge in [0.2, 0.25) is 0 Å². The molecular formula is C13H20O2. The monoisotopic (exact) mass is 208 g/mol. The molecular weight excluding hydrogens is 188 g/mol. The number of aliphatic hydroxyl groups is 1. The van der Waals surface area contributed by atoms with Crippen molar-refractivity contribution >= 4 is 0 Å². The molecule has 1 rings (SSSR count). The maximum Gasteiger partial charge on any atom is 0.0720 e. The van der Waals surface area contributed by atoms with Gasteiger partial charge in [-0.15, -0.1) is 0 Å². The highest BCUT2D eigenvalue weighted by atomic mass is 16.5. The van der Waals surface area contributed by atoms with E-state index < -0.39 is 0 Å². The molecule has 2 atom stereocenters. The van der Waals surface area contributed by atoms with Crippen LogP contribution in [0.25, 0.3) is 0 Å². The molecule has 15 heavy (non-hydrogen) atoms. The van der Waals surface area contributed by atoms with Gasteiger partial charge in [0.05, 0.1) is 18.8 Å². The van der Waals surface area contributed by atoms with Crippen molar-refractivity contribution < 1.29 is 9.84 Å². The second-order valence-corrected chi connectivity index (χ2v) is 3.90. The minimum Gasteiger partial charge on any atom is -0.393 e. The van der Waals surface area contributed by atoms with Crippen LogP contribution >= 0.6 is 0 Å². The molecule has 0 aliphatic carbocycles. The third-order valence-corrected chi connectivity index (χ3v) is 2.45. The van der Waals surface area contributed by atoms with Crippen LogP contribution in [0.5, 0.6) is 0 Å². The Morgan fingerprint density at radius 3 is 2.53 bits per heavy atom. The maximum atomic E-state index is 9.45. The Morgan fingerprint density at radius 2 is 1.93 bits per heavy atom. The molecule has 0 heterocycles. The first-order chi connectivity index (χ1) is 7.22. The van der Waals surface area contributed by atoms with Gasteiger partial charge < -0.3 is 9.84 Å². The lowest BCUT2D eigenvalue weighted by Gasteiger charge is -2.16. The number of hydrogen-bond donors (Lipinski definition) is 1. The van der Waals surface area contributed by atoms with Gasteiger partial charge >= 0.3 is 0 Å². The summed E-state index contributed by atoms with van der Waals surface area (Å²) in [4.78, 5) is 0. The maximum absolute atomic E-state index is 9.45. The molecule has 0 aromatic heterocycles. The third kappa shape index (κ3) is 4.96. The van der Waals surface area contributed by atoms with Gasteiger partial charge in [0.15, 0.2) is 0 Å². The summed E-state index contributed by atoms with van der Waals surface area (Å²) in [5, 5.41) is 9.45. The Labute approximate surface area is 91.9 Å². The number of aliphatic hydroxyl groups excluding tert-OH is 1. The molecule has 0 spiro atoms. The van der Waals surface area contributed by atoms with Gasteiger partial charge in [0.1, 0.15) is 0 Å². The van der Waals surface area contributed by atoms with E-state index in [0.717, 1.165) is 6.42 Å². The van der Waals surface area contributed by atoms with E-state index in [0.29, 0.717) is 13.0 Å². The van der Waals surface area contributed by atoms with E-state index in [-0.39, 0.29) is 12.2 Å². The van der Waals surface area contributed by atoms with E-state index in [9.17, 15) is 5.11 Å². The lowest BCUT2D eigenvalue weighted by molar-refractivity contribution is 0.0140. The highest BCUT2D eigenvalue weighted by molar-refractivity contribution is 5.13. The largest absolute Gasteiger partial charge is 0.393 e. The average Bonchev–Trinajstić information content (AvgIpc) is 2.27. The highest BCUT2D eigenvalue weighted by Gasteiger charge is 2.08. The molecule has 1 N–H and O–H groups in total. The van der Waals surface area contributed by atoms with Crippen LogP contribution in [0.3, 0.4) is 0 Å². The zero-order valence-electron chi connectivity index (χ0n) is 9.52. The van der Waals surface area contributed by atoms with Crippen LogP contribution in [0.15, 0.2) is 30.3 Å². The first kappa shape index (κ1) is 12.2. The molecule has 0 fully saturated rings. The Balaban J connectivity index is 2.25. The van der Waals surface area contributed by atoms with Gasteiger partial charge in [0, 0.05) is 0 Å². The van der Waals surface area contributed by atoms with Crippen molar-refractivity contribution in [1.29, 1.82) is 0 Å². The van der Waals surface area contributed by atoms with Gasteiger partial charge in [-0.05, 0) is 25.3 Å². The fourth-order valence-corrected chi connectivity index (χ4v) is 1.43. The van der Waals surface area contributed by atoms with Crippen molar-refractivity contribution in [2.45, 2.75) is 45.5 Å². The van der Waals surface area contributed by atoms with E-state index >= 15 is 0 Å². The summed E-state index contributed by atoms with van der Waals surface area (Å²) in [5.74, 6) is 0. The van der Waals surface area contributed by atoms with E-state index in [4.69, 9.17) is 4.74 Å². The molecule has 0 amide bonds. The second kappa shape index (κ2) is 6.59. The standard InChI is InChI=1S/C13H20O2/c1-3-13(14)9-11(2)15-10-12-7-5-4-6-8-12/h4-8,11,13-14H,3,9-10H2,1-2H3/t11-,13-/m1/s1. The van der Waals surface area contributed by atoms with Crippen molar-refractivity contribution in [3.8, 4) is 0 Å². The lowest BCUT2D eigenvalue weighted by atomic mass is 10.1. The molecule has 2 nitrogen and oxygen atoms in total. The number of hydrogen-bond acceptors (Lipinski definition) is 2. The molecule has 0 saturated heterocycles. The summed E-state index contributed by atoms with van der Waals surface area (Å²) in [6.07, 6.45) is 1.37. The summed E-state index contributed by atoms with van der Waals surface area (Å²) in [5.41, 5.74) is 1.18. The van der Waals surface area contributed by atoms with Crippen LogP contribution in [0, 0.1) is 0 Å². The summed E-state index contributed by atoms with van der Waals surface area (Å²) in [6.45, 7) is 4.61. The molecule has 0 unspecified atom stereocenters. The topological polar surface area (TPSA) is 29.5 Å². The van der Waals surface area contributed by atoms with E-state index in [2.05, 4.69) is 0 Å². The van der Waals surface area contributed by atoms with Crippen LogP contribution in [0.4, 0.5) is 0 Å². The predicted octanol–water partition coefficient (Wildman–Crippen LogP) is 2.75. The molecule has 0 radical (unpaired) electrons. The molecule has 1 aromatic carbocycles. The van der Waals surface area contributed by atoms with Crippen molar-refractivity contribution in [3.63, 3.8) is 0 Å². The molecule has 0 aliphatic rings. The second-order valence-electron chi connectivity index (χ2n) is 3.90. The molecule has 0 bridgehead atoms. The Kier molecular flexibility index (Phi) is 5.37. The third-order valence-electron chi connectivity index (χ3n) is 2.45. The molecule has 0 saturated carbocycles. The number of ether oxygens (including phenoxy) is 1. The fourth-order valence-electron chi connectivity index (χ4n) is 1.43. The van der Waals surface area contributed by atoms with Crippen molar-refractivity contribution in [3.05, 3.63) is 35.9 Å².